The van der Waals surface area contributed by atoms with Crippen molar-refractivity contribution in [3.05, 3.63) is 41.5 Å². The second-order valence-electron chi connectivity index (χ2n) is 5.80. The van der Waals surface area contributed by atoms with Crippen molar-refractivity contribution in [1.29, 1.82) is 0 Å². The Morgan fingerprint density at radius 3 is 3.00 bits per heavy atom. The quantitative estimate of drug-likeness (QED) is 0.534. The van der Waals surface area contributed by atoms with E-state index in [1.54, 1.807) is 11.3 Å². The molecule has 1 atom stereocenters. The first-order valence-corrected chi connectivity index (χ1v) is 10.1. The van der Waals surface area contributed by atoms with Gasteiger partial charge < -0.3 is 14.8 Å². The van der Waals surface area contributed by atoms with E-state index in [4.69, 9.17) is 9.47 Å². The summed E-state index contributed by atoms with van der Waals surface area (Å²) >= 11 is 2.99. The number of nitrogens with one attached hydrogen (secondary N) is 1. The van der Waals surface area contributed by atoms with Gasteiger partial charge in [0, 0.05) is 5.39 Å². The molecule has 134 valence electrons. The van der Waals surface area contributed by atoms with Crippen LogP contribution in [0.25, 0.3) is 10.2 Å². The van der Waals surface area contributed by atoms with Crippen molar-refractivity contribution in [2.45, 2.75) is 18.0 Å². The number of thioether (sulfide) groups is 1. The lowest BCUT2D eigenvalue weighted by Gasteiger charge is -2.21. The zero-order chi connectivity index (χ0) is 17.9. The van der Waals surface area contributed by atoms with Crippen LogP contribution in [-0.4, -0.2) is 34.8 Å². The standard InChI is InChI=1S/C18H17N3O3S2/c1-11(12-2-3-14-15(8-12)24-6-5-23-14)21-16(22)9-26-18-13-4-7-25-17(13)19-10-20-18/h2-4,7-8,10-11H,5-6,9H2,1H3,(H,21,22)/t11-/m0/s1. The maximum absolute atomic E-state index is 12.3. The van der Waals surface area contributed by atoms with Crippen LogP contribution in [0.15, 0.2) is 41.0 Å². The van der Waals surface area contributed by atoms with Crippen LogP contribution in [0.5, 0.6) is 11.5 Å². The van der Waals surface area contributed by atoms with Crippen LogP contribution in [0.4, 0.5) is 0 Å². The highest BCUT2D eigenvalue weighted by Gasteiger charge is 2.16. The fourth-order valence-electron chi connectivity index (χ4n) is 2.71. The molecule has 2 aromatic heterocycles. The first-order chi connectivity index (χ1) is 12.7. The molecule has 1 aliphatic rings. The second kappa shape index (κ2) is 7.51. The number of ether oxygens (including phenoxy) is 2. The number of aromatic nitrogens is 2. The van der Waals surface area contributed by atoms with Gasteiger partial charge in [-0.1, -0.05) is 17.8 Å². The van der Waals surface area contributed by atoms with Gasteiger partial charge in [0.2, 0.25) is 5.91 Å². The number of carbonyl (C=O) groups excluding carboxylic acids is 1. The lowest BCUT2D eigenvalue weighted by Crippen LogP contribution is -2.28. The zero-order valence-corrected chi connectivity index (χ0v) is 15.7. The minimum Gasteiger partial charge on any atom is -0.486 e. The number of thiophene rings is 1. The molecule has 0 aliphatic carbocycles. The minimum atomic E-state index is -0.120. The van der Waals surface area contributed by atoms with Crippen molar-refractivity contribution in [3.8, 4) is 11.5 Å². The summed E-state index contributed by atoms with van der Waals surface area (Å²) in [5, 5.41) is 6.83. The van der Waals surface area contributed by atoms with Gasteiger partial charge in [0.1, 0.15) is 29.4 Å². The molecule has 0 bridgehead atoms. The Hall–Kier alpha value is -2.32. The van der Waals surface area contributed by atoms with Crippen LogP contribution in [-0.2, 0) is 4.79 Å². The summed E-state index contributed by atoms with van der Waals surface area (Å²) in [6, 6.07) is 7.62. The first-order valence-electron chi connectivity index (χ1n) is 8.20. The second-order valence-corrected chi connectivity index (χ2v) is 7.66. The molecule has 1 aliphatic heterocycles. The van der Waals surface area contributed by atoms with Crippen molar-refractivity contribution in [3.63, 3.8) is 0 Å². The molecule has 0 saturated carbocycles. The fraction of sp³-hybridized carbons (Fsp3) is 0.278. The predicted octanol–water partition coefficient (Wildman–Crippen LogP) is 3.43. The average molecular weight is 387 g/mol. The number of rotatable bonds is 5. The van der Waals surface area contributed by atoms with Gasteiger partial charge in [0.25, 0.3) is 0 Å². The summed E-state index contributed by atoms with van der Waals surface area (Å²) in [5.74, 6) is 1.73. The lowest BCUT2D eigenvalue weighted by molar-refractivity contribution is -0.119. The Bertz CT molecular complexity index is 944. The minimum absolute atomic E-state index is 0.0422. The van der Waals surface area contributed by atoms with Gasteiger partial charge in [-0.05, 0) is 36.1 Å². The number of benzene rings is 1. The Kier molecular flexibility index (Phi) is 4.94. The van der Waals surface area contributed by atoms with E-state index in [9.17, 15) is 4.79 Å². The Labute approximate surface area is 158 Å². The van der Waals surface area contributed by atoms with Crippen molar-refractivity contribution in [1.82, 2.24) is 15.3 Å². The summed E-state index contributed by atoms with van der Waals surface area (Å²) < 4.78 is 11.1. The van der Waals surface area contributed by atoms with Crippen LogP contribution >= 0.6 is 23.1 Å². The molecule has 1 amide bonds. The highest BCUT2D eigenvalue weighted by atomic mass is 32.2. The van der Waals surface area contributed by atoms with Crippen LogP contribution in [0.2, 0.25) is 0 Å². The van der Waals surface area contributed by atoms with E-state index >= 15 is 0 Å². The molecule has 0 radical (unpaired) electrons. The van der Waals surface area contributed by atoms with Crippen LogP contribution in [0, 0.1) is 0 Å². The molecule has 4 rings (SSSR count). The Morgan fingerprint density at radius 1 is 1.27 bits per heavy atom. The molecule has 26 heavy (non-hydrogen) atoms. The van der Waals surface area contributed by atoms with E-state index in [0.29, 0.717) is 19.0 Å². The molecule has 0 unspecified atom stereocenters. The molecule has 6 nitrogen and oxygen atoms in total. The summed E-state index contributed by atoms with van der Waals surface area (Å²) in [5.41, 5.74) is 0.981. The highest BCUT2D eigenvalue weighted by Crippen LogP contribution is 2.32. The average Bonchev–Trinajstić information content (AvgIpc) is 3.15. The summed E-state index contributed by atoms with van der Waals surface area (Å²) in [4.78, 5) is 21.8. The third-order valence-electron chi connectivity index (χ3n) is 4.01. The molecular weight excluding hydrogens is 370 g/mol. The Morgan fingerprint density at radius 2 is 2.12 bits per heavy atom. The SMILES string of the molecule is C[C@H](NC(=O)CSc1ncnc2sccc12)c1ccc2c(c1)OCCO2. The topological polar surface area (TPSA) is 73.3 Å². The molecule has 0 saturated heterocycles. The molecule has 3 aromatic rings. The van der Waals surface area contributed by atoms with Crippen molar-refractivity contribution in [2.24, 2.45) is 0 Å². The number of carbonyl (C=O) groups is 1. The maximum atomic E-state index is 12.3. The molecule has 8 heteroatoms. The van der Waals surface area contributed by atoms with Gasteiger partial charge in [-0.2, -0.15) is 0 Å². The molecule has 0 fully saturated rings. The molecular formula is C18H17N3O3S2. The van der Waals surface area contributed by atoms with Crippen molar-refractivity contribution in [2.75, 3.05) is 19.0 Å². The normalized spacial score (nSPS) is 14.2. The third-order valence-corrected chi connectivity index (χ3v) is 5.83. The van der Waals surface area contributed by atoms with Gasteiger partial charge >= 0.3 is 0 Å². The first kappa shape index (κ1) is 17.1. The van der Waals surface area contributed by atoms with E-state index in [-0.39, 0.29) is 11.9 Å². The van der Waals surface area contributed by atoms with Crippen molar-refractivity contribution >= 4 is 39.2 Å². The number of hydrogen-bond acceptors (Lipinski definition) is 7. The van der Waals surface area contributed by atoms with E-state index in [1.165, 1.54) is 18.1 Å². The summed E-state index contributed by atoms with van der Waals surface area (Å²) in [7, 11) is 0. The number of nitrogens with zero attached hydrogens (tertiary/aromatic N) is 2. The predicted molar refractivity (Wildman–Crippen MR) is 102 cm³/mol. The van der Waals surface area contributed by atoms with Crippen LogP contribution in [0.1, 0.15) is 18.5 Å². The number of amides is 1. The van der Waals surface area contributed by atoms with Gasteiger partial charge in [-0.25, -0.2) is 9.97 Å². The smallest absolute Gasteiger partial charge is 0.230 e. The monoisotopic (exact) mass is 387 g/mol. The lowest BCUT2D eigenvalue weighted by atomic mass is 10.1. The van der Waals surface area contributed by atoms with Gasteiger partial charge in [0.05, 0.1) is 11.8 Å². The fourth-order valence-corrected chi connectivity index (χ4v) is 4.30. The number of hydrogen-bond donors (Lipinski definition) is 1. The van der Waals surface area contributed by atoms with Crippen molar-refractivity contribution < 1.29 is 14.3 Å². The van der Waals surface area contributed by atoms with E-state index in [1.807, 2.05) is 36.6 Å². The van der Waals surface area contributed by atoms with Gasteiger partial charge in [-0.15, -0.1) is 11.3 Å². The number of fused-ring (bicyclic) bond motifs is 2. The molecule has 0 spiro atoms. The summed E-state index contributed by atoms with van der Waals surface area (Å²) in [6.07, 6.45) is 1.54. The highest BCUT2D eigenvalue weighted by molar-refractivity contribution is 8.00. The third kappa shape index (κ3) is 3.61. The van der Waals surface area contributed by atoms with E-state index in [2.05, 4.69) is 15.3 Å². The molecule has 3 heterocycles. The summed E-state index contributed by atoms with van der Waals surface area (Å²) in [6.45, 7) is 3.07. The van der Waals surface area contributed by atoms with Gasteiger partial charge in [-0.3, -0.25) is 4.79 Å². The van der Waals surface area contributed by atoms with E-state index in [0.717, 1.165) is 32.3 Å². The van der Waals surface area contributed by atoms with Crippen LogP contribution < -0.4 is 14.8 Å². The zero-order valence-electron chi connectivity index (χ0n) is 14.1. The maximum Gasteiger partial charge on any atom is 0.230 e. The van der Waals surface area contributed by atoms with Crippen LogP contribution in [0.3, 0.4) is 0 Å². The van der Waals surface area contributed by atoms with E-state index < -0.39 is 0 Å². The largest absolute Gasteiger partial charge is 0.486 e. The molecule has 1 aromatic carbocycles. The molecule has 1 N–H and O–H groups in total. The Balaban J connectivity index is 1.38. The van der Waals surface area contributed by atoms with Gasteiger partial charge in [0.15, 0.2) is 11.5 Å².